The van der Waals surface area contributed by atoms with Gasteiger partial charge < -0.3 is 5.73 Å². The number of benzene rings is 1. The van der Waals surface area contributed by atoms with E-state index < -0.39 is 17.9 Å². The topological polar surface area (TPSA) is 84.2 Å². The lowest BCUT2D eigenvalue weighted by Crippen LogP contribution is -2.48. The van der Waals surface area contributed by atoms with Crippen LogP contribution in [-0.2, 0) is 16.0 Å². The molecule has 0 saturated heterocycles. The highest BCUT2D eigenvalue weighted by atomic mass is 19.1. The van der Waals surface area contributed by atoms with Gasteiger partial charge in [-0.15, -0.1) is 0 Å². The number of carbonyl (C=O) groups excluding carboxylic acids is 2. The molecule has 1 rings (SSSR count). The molecule has 92 valence electrons. The molecule has 1 unspecified atom stereocenters. The Morgan fingerprint density at radius 1 is 1.29 bits per heavy atom. The average Bonchev–Trinajstić information content (AvgIpc) is 2.29. The molecule has 0 aliphatic rings. The van der Waals surface area contributed by atoms with Gasteiger partial charge in [-0.2, -0.15) is 0 Å². The van der Waals surface area contributed by atoms with Crippen LogP contribution in [0, 0.1) is 5.82 Å². The number of amides is 2. The summed E-state index contributed by atoms with van der Waals surface area (Å²) in [7, 11) is 0. The van der Waals surface area contributed by atoms with Gasteiger partial charge in [0.05, 0.1) is 12.5 Å². The summed E-state index contributed by atoms with van der Waals surface area (Å²) in [5, 5.41) is 0. The SMILES string of the molecule is CC(N)C(=O)NNC(=O)Cc1ccc(F)cc1. The minimum atomic E-state index is -0.693. The zero-order chi connectivity index (χ0) is 12.8. The number of hydrogen-bond acceptors (Lipinski definition) is 3. The summed E-state index contributed by atoms with van der Waals surface area (Å²) >= 11 is 0. The van der Waals surface area contributed by atoms with Gasteiger partial charge in [0.2, 0.25) is 5.91 Å². The molecule has 0 fully saturated rings. The first-order valence-corrected chi connectivity index (χ1v) is 5.08. The molecule has 0 aromatic heterocycles. The lowest BCUT2D eigenvalue weighted by atomic mass is 10.1. The molecule has 1 aromatic carbocycles. The van der Waals surface area contributed by atoms with Crippen LogP contribution in [0.3, 0.4) is 0 Å². The fourth-order valence-corrected chi connectivity index (χ4v) is 1.08. The quantitative estimate of drug-likeness (QED) is 0.642. The fourth-order valence-electron chi connectivity index (χ4n) is 1.08. The van der Waals surface area contributed by atoms with E-state index in [-0.39, 0.29) is 12.2 Å². The van der Waals surface area contributed by atoms with Crippen molar-refractivity contribution in [1.82, 2.24) is 10.9 Å². The Hall–Kier alpha value is -1.95. The molecule has 0 spiro atoms. The first-order chi connectivity index (χ1) is 7.99. The van der Waals surface area contributed by atoms with Gasteiger partial charge in [0.1, 0.15) is 5.82 Å². The number of rotatable bonds is 3. The van der Waals surface area contributed by atoms with Gasteiger partial charge in [-0.25, -0.2) is 4.39 Å². The van der Waals surface area contributed by atoms with Gasteiger partial charge in [0.25, 0.3) is 5.91 Å². The zero-order valence-corrected chi connectivity index (χ0v) is 9.37. The van der Waals surface area contributed by atoms with E-state index in [0.717, 1.165) is 0 Å². The Bertz CT molecular complexity index is 404. The summed E-state index contributed by atoms with van der Waals surface area (Å²) in [6, 6.07) is 4.85. The van der Waals surface area contributed by atoms with E-state index in [1.807, 2.05) is 0 Å². The molecule has 2 amide bonds. The summed E-state index contributed by atoms with van der Waals surface area (Å²) in [4.78, 5) is 22.4. The molecule has 0 heterocycles. The molecule has 1 atom stereocenters. The van der Waals surface area contributed by atoms with Crippen LogP contribution in [-0.4, -0.2) is 17.9 Å². The molecule has 0 radical (unpaired) electrons. The maximum atomic E-state index is 12.6. The molecule has 4 N–H and O–H groups in total. The van der Waals surface area contributed by atoms with Gasteiger partial charge in [-0.1, -0.05) is 12.1 Å². The number of halogens is 1. The molecule has 0 aliphatic carbocycles. The fraction of sp³-hybridized carbons (Fsp3) is 0.273. The maximum absolute atomic E-state index is 12.6. The smallest absolute Gasteiger partial charge is 0.254 e. The molecule has 1 aromatic rings. The minimum Gasteiger partial charge on any atom is -0.320 e. The molecule has 0 bridgehead atoms. The largest absolute Gasteiger partial charge is 0.320 e. The van der Waals surface area contributed by atoms with E-state index in [9.17, 15) is 14.0 Å². The third-order valence-corrected chi connectivity index (χ3v) is 2.02. The van der Waals surface area contributed by atoms with E-state index in [2.05, 4.69) is 10.9 Å². The van der Waals surface area contributed by atoms with Crippen molar-refractivity contribution >= 4 is 11.8 Å². The summed E-state index contributed by atoms with van der Waals surface area (Å²) < 4.78 is 12.6. The Balaban J connectivity index is 2.40. The number of hydrazine groups is 1. The second kappa shape index (κ2) is 5.95. The van der Waals surface area contributed by atoms with Crippen molar-refractivity contribution in [2.75, 3.05) is 0 Å². The van der Waals surface area contributed by atoms with E-state index in [1.165, 1.54) is 31.2 Å². The van der Waals surface area contributed by atoms with Crippen LogP contribution in [0.5, 0.6) is 0 Å². The minimum absolute atomic E-state index is 0.0551. The average molecular weight is 239 g/mol. The van der Waals surface area contributed by atoms with Crippen molar-refractivity contribution in [3.05, 3.63) is 35.6 Å². The Labute approximate surface area is 98.2 Å². The molecule has 0 saturated carbocycles. The van der Waals surface area contributed by atoms with Gasteiger partial charge in [-0.3, -0.25) is 20.4 Å². The van der Waals surface area contributed by atoms with E-state index >= 15 is 0 Å². The van der Waals surface area contributed by atoms with Crippen LogP contribution in [0.4, 0.5) is 4.39 Å². The lowest BCUT2D eigenvalue weighted by Gasteiger charge is -2.09. The summed E-state index contributed by atoms with van der Waals surface area (Å²) in [5.74, 6) is -1.23. The lowest BCUT2D eigenvalue weighted by molar-refractivity contribution is -0.129. The zero-order valence-electron chi connectivity index (χ0n) is 9.37. The predicted molar refractivity (Wildman–Crippen MR) is 60.0 cm³/mol. The van der Waals surface area contributed by atoms with Crippen LogP contribution in [0.25, 0.3) is 0 Å². The second-order valence-electron chi connectivity index (χ2n) is 3.63. The maximum Gasteiger partial charge on any atom is 0.254 e. The van der Waals surface area contributed by atoms with Gasteiger partial charge in [0, 0.05) is 0 Å². The highest BCUT2D eigenvalue weighted by molar-refractivity contribution is 5.85. The Morgan fingerprint density at radius 3 is 2.41 bits per heavy atom. The number of nitrogens with one attached hydrogen (secondary N) is 2. The van der Waals surface area contributed by atoms with Crippen molar-refractivity contribution in [3.63, 3.8) is 0 Å². The highest BCUT2D eigenvalue weighted by Crippen LogP contribution is 2.02. The third-order valence-electron chi connectivity index (χ3n) is 2.02. The van der Waals surface area contributed by atoms with Crippen LogP contribution in [0.15, 0.2) is 24.3 Å². The van der Waals surface area contributed by atoms with Crippen LogP contribution in [0.1, 0.15) is 12.5 Å². The van der Waals surface area contributed by atoms with Crippen molar-refractivity contribution in [2.45, 2.75) is 19.4 Å². The van der Waals surface area contributed by atoms with Crippen molar-refractivity contribution in [1.29, 1.82) is 0 Å². The highest BCUT2D eigenvalue weighted by Gasteiger charge is 2.08. The van der Waals surface area contributed by atoms with Crippen molar-refractivity contribution in [3.8, 4) is 0 Å². The Morgan fingerprint density at radius 2 is 1.88 bits per heavy atom. The van der Waals surface area contributed by atoms with E-state index in [4.69, 9.17) is 5.73 Å². The predicted octanol–water partition coefficient (Wildman–Crippen LogP) is -0.137. The molecule has 0 aliphatic heterocycles. The monoisotopic (exact) mass is 239 g/mol. The van der Waals surface area contributed by atoms with E-state index in [1.54, 1.807) is 0 Å². The molecular weight excluding hydrogens is 225 g/mol. The molecule has 6 heteroatoms. The van der Waals surface area contributed by atoms with Crippen LogP contribution in [0.2, 0.25) is 0 Å². The summed E-state index contributed by atoms with van der Waals surface area (Å²) in [5.41, 5.74) is 10.3. The third kappa shape index (κ3) is 4.60. The van der Waals surface area contributed by atoms with Crippen LogP contribution < -0.4 is 16.6 Å². The number of hydrogen-bond donors (Lipinski definition) is 3. The number of nitrogens with two attached hydrogens (primary N) is 1. The summed E-state index contributed by atoms with van der Waals surface area (Å²) in [6.45, 7) is 1.50. The molecular formula is C11H14FN3O2. The standard InChI is InChI=1S/C11H14FN3O2/c1-7(13)11(17)15-14-10(16)6-8-2-4-9(12)5-3-8/h2-5,7H,6,13H2,1H3,(H,14,16)(H,15,17). The molecule has 5 nitrogen and oxygen atoms in total. The van der Waals surface area contributed by atoms with E-state index in [0.29, 0.717) is 5.56 Å². The second-order valence-corrected chi connectivity index (χ2v) is 3.63. The first-order valence-electron chi connectivity index (χ1n) is 5.08. The number of carbonyl (C=O) groups is 2. The van der Waals surface area contributed by atoms with Gasteiger partial charge >= 0.3 is 0 Å². The van der Waals surface area contributed by atoms with Gasteiger partial charge in [0.15, 0.2) is 0 Å². The first kappa shape index (κ1) is 13.1. The Kier molecular flexibility index (Phi) is 4.59. The van der Waals surface area contributed by atoms with Gasteiger partial charge in [-0.05, 0) is 24.6 Å². The molecule has 17 heavy (non-hydrogen) atoms. The normalized spacial score (nSPS) is 11.7. The van der Waals surface area contributed by atoms with Crippen molar-refractivity contribution in [2.24, 2.45) is 5.73 Å². The van der Waals surface area contributed by atoms with Crippen molar-refractivity contribution < 1.29 is 14.0 Å². The summed E-state index contributed by atoms with van der Waals surface area (Å²) in [6.07, 6.45) is 0.0551. The van der Waals surface area contributed by atoms with Crippen LogP contribution >= 0.6 is 0 Å².